The van der Waals surface area contributed by atoms with E-state index in [1.54, 1.807) is 17.4 Å². The van der Waals surface area contributed by atoms with E-state index in [0.29, 0.717) is 0 Å². The molecule has 0 aliphatic rings. The van der Waals surface area contributed by atoms with Gasteiger partial charge in [-0.2, -0.15) is 0 Å². The highest BCUT2D eigenvalue weighted by Crippen LogP contribution is 2.16. The van der Waals surface area contributed by atoms with Crippen molar-refractivity contribution in [3.63, 3.8) is 0 Å². The number of hydrogen-bond donors (Lipinski definition) is 1. The molecule has 3 aromatic rings. The highest BCUT2D eigenvalue weighted by Gasteiger charge is 2.02. The monoisotopic (exact) mass is 288 g/mol. The van der Waals surface area contributed by atoms with Crippen LogP contribution in [0.1, 0.15) is 4.88 Å². The Morgan fingerprint density at radius 3 is 2.95 bits per heavy atom. The van der Waals surface area contributed by atoms with Crippen LogP contribution in [0.2, 0.25) is 0 Å². The minimum Gasteiger partial charge on any atom is -0.346 e. The van der Waals surface area contributed by atoms with Crippen LogP contribution in [0, 0.1) is 5.82 Å². The normalized spacial score (nSPS) is 11.2. The number of halogens is 1. The van der Waals surface area contributed by atoms with Gasteiger partial charge in [-0.3, -0.25) is 0 Å². The van der Waals surface area contributed by atoms with Crippen molar-refractivity contribution in [2.24, 2.45) is 0 Å². The maximum atomic E-state index is 13.3. The predicted molar refractivity (Wildman–Crippen MR) is 82.8 cm³/mol. The Labute approximate surface area is 121 Å². The number of nitrogens with zero attached hydrogens (tertiary/aromatic N) is 1. The molecule has 0 aliphatic heterocycles. The van der Waals surface area contributed by atoms with Crippen LogP contribution in [0.15, 0.2) is 48.0 Å². The lowest BCUT2D eigenvalue weighted by atomic mass is 10.2. The zero-order valence-corrected chi connectivity index (χ0v) is 12.0. The van der Waals surface area contributed by atoms with E-state index in [2.05, 4.69) is 27.4 Å². The van der Waals surface area contributed by atoms with E-state index in [0.717, 1.165) is 37.0 Å². The third kappa shape index (κ3) is 3.08. The number of benzene rings is 1. The molecular weight excluding hydrogens is 271 g/mol. The maximum absolute atomic E-state index is 13.3. The molecule has 20 heavy (non-hydrogen) atoms. The van der Waals surface area contributed by atoms with Gasteiger partial charge in [0.15, 0.2) is 0 Å². The van der Waals surface area contributed by atoms with Crippen LogP contribution < -0.4 is 5.32 Å². The van der Waals surface area contributed by atoms with Crippen LogP contribution >= 0.6 is 11.3 Å². The van der Waals surface area contributed by atoms with Gasteiger partial charge in [0.1, 0.15) is 5.82 Å². The molecule has 2 aromatic heterocycles. The Hall–Kier alpha value is -1.65. The fourth-order valence-electron chi connectivity index (χ4n) is 2.34. The van der Waals surface area contributed by atoms with E-state index in [-0.39, 0.29) is 5.82 Å². The van der Waals surface area contributed by atoms with Crippen molar-refractivity contribution in [2.45, 2.75) is 13.0 Å². The molecule has 1 aromatic carbocycles. The summed E-state index contributed by atoms with van der Waals surface area (Å²) in [6, 6.07) is 11.2. The molecule has 3 rings (SSSR count). The minimum atomic E-state index is -0.178. The first-order valence-electron chi connectivity index (χ1n) is 6.80. The molecule has 0 fully saturated rings. The quantitative estimate of drug-likeness (QED) is 0.685. The average molecular weight is 288 g/mol. The van der Waals surface area contributed by atoms with Gasteiger partial charge in [0.05, 0.1) is 5.52 Å². The summed E-state index contributed by atoms with van der Waals surface area (Å²) in [5.41, 5.74) is 0.963. The molecule has 0 spiro atoms. The fraction of sp³-hybridized carbons (Fsp3) is 0.250. The standard InChI is InChI=1S/C16H17FN2S/c17-14-4-3-13-6-9-19(16(13)12-14)10-8-18-7-5-15-2-1-11-20-15/h1-4,6,9,11-12,18H,5,7-8,10H2. The smallest absolute Gasteiger partial charge is 0.125 e. The zero-order chi connectivity index (χ0) is 13.8. The van der Waals surface area contributed by atoms with Gasteiger partial charge in [0, 0.05) is 30.7 Å². The highest BCUT2D eigenvalue weighted by molar-refractivity contribution is 7.09. The van der Waals surface area contributed by atoms with Crippen molar-refractivity contribution in [1.82, 2.24) is 9.88 Å². The van der Waals surface area contributed by atoms with Gasteiger partial charge < -0.3 is 9.88 Å². The van der Waals surface area contributed by atoms with Crippen molar-refractivity contribution in [3.05, 3.63) is 58.7 Å². The number of thiophene rings is 1. The van der Waals surface area contributed by atoms with Gasteiger partial charge in [-0.05, 0) is 47.5 Å². The van der Waals surface area contributed by atoms with E-state index in [9.17, 15) is 4.39 Å². The Balaban J connectivity index is 1.51. The molecule has 2 heterocycles. The number of fused-ring (bicyclic) bond motifs is 1. The van der Waals surface area contributed by atoms with Gasteiger partial charge in [-0.15, -0.1) is 11.3 Å². The molecule has 0 saturated heterocycles. The summed E-state index contributed by atoms with van der Waals surface area (Å²) < 4.78 is 15.4. The van der Waals surface area contributed by atoms with Crippen molar-refractivity contribution in [3.8, 4) is 0 Å². The first-order valence-corrected chi connectivity index (χ1v) is 7.68. The van der Waals surface area contributed by atoms with Crippen LogP contribution in [0.3, 0.4) is 0 Å². The summed E-state index contributed by atoms with van der Waals surface area (Å²) in [5, 5.41) is 6.63. The first kappa shape index (κ1) is 13.3. The van der Waals surface area contributed by atoms with E-state index in [1.807, 2.05) is 18.3 Å². The molecule has 0 radical (unpaired) electrons. The first-order chi connectivity index (χ1) is 9.83. The molecule has 0 amide bonds. The Bertz CT molecular complexity index is 673. The predicted octanol–water partition coefficient (Wildman–Crippen LogP) is 3.67. The number of hydrogen-bond acceptors (Lipinski definition) is 2. The maximum Gasteiger partial charge on any atom is 0.125 e. The van der Waals surface area contributed by atoms with Gasteiger partial charge in [0.25, 0.3) is 0 Å². The second kappa shape index (κ2) is 6.20. The van der Waals surface area contributed by atoms with Crippen molar-refractivity contribution in [2.75, 3.05) is 13.1 Å². The van der Waals surface area contributed by atoms with Crippen LogP contribution in [0.25, 0.3) is 10.9 Å². The number of nitrogens with one attached hydrogen (secondary N) is 1. The van der Waals surface area contributed by atoms with Gasteiger partial charge >= 0.3 is 0 Å². The molecule has 104 valence electrons. The Kier molecular flexibility index (Phi) is 4.14. The van der Waals surface area contributed by atoms with Crippen LogP contribution in [0.4, 0.5) is 4.39 Å². The number of aromatic nitrogens is 1. The molecule has 2 nitrogen and oxygen atoms in total. The van der Waals surface area contributed by atoms with Crippen LogP contribution in [-0.2, 0) is 13.0 Å². The third-order valence-corrected chi connectivity index (χ3v) is 4.33. The molecular formula is C16H17FN2S. The van der Waals surface area contributed by atoms with Crippen LogP contribution in [0.5, 0.6) is 0 Å². The molecule has 0 bridgehead atoms. The molecule has 0 saturated carbocycles. The Morgan fingerprint density at radius 1 is 1.15 bits per heavy atom. The van der Waals surface area contributed by atoms with Crippen molar-refractivity contribution < 1.29 is 4.39 Å². The van der Waals surface area contributed by atoms with E-state index < -0.39 is 0 Å². The SMILES string of the molecule is Fc1ccc2ccn(CCNCCc3cccs3)c2c1. The van der Waals surface area contributed by atoms with E-state index in [4.69, 9.17) is 0 Å². The molecule has 1 N–H and O–H groups in total. The second-order valence-electron chi connectivity index (χ2n) is 4.79. The van der Waals surface area contributed by atoms with Gasteiger partial charge in [-0.25, -0.2) is 4.39 Å². The number of rotatable bonds is 6. The van der Waals surface area contributed by atoms with Gasteiger partial charge in [0.2, 0.25) is 0 Å². The topological polar surface area (TPSA) is 17.0 Å². The summed E-state index contributed by atoms with van der Waals surface area (Å²) >= 11 is 1.80. The summed E-state index contributed by atoms with van der Waals surface area (Å²) in [6.45, 7) is 2.73. The van der Waals surface area contributed by atoms with E-state index in [1.165, 1.54) is 10.9 Å². The van der Waals surface area contributed by atoms with Crippen molar-refractivity contribution >= 4 is 22.2 Å². The molecule has 0 aliphatic carbocycles. The average Bonchev–Trinajstić information content (AvgIpc) is 3.08. The second-order valence-corrected chi connectivity index (χ2v) is 5.82. The highest BCUT2D eigenvalue weighted by atomic mass is 32.1. The van der Waals surface area contributed by atoms with Gasteiger partial charge in [-0.1, -0.05) is 6.07 Å². The minimum absolute atomic E-state index is 0.178. The largest absolute Gasteiger partial charge is 0.346 e. The summed E-state index contributed by atoms with van der Waals surface area (Å²) in [5.74, 6) is -0.178. The summed E-state index contributed by atoms with van der Waals surface area (Å²) in [7, 11) is 0. The lowest BCUT2D eigenvalue weighted by molar-refractivity contribution is 0.606. The fourth-order valence-corrected chi connectivity index (χ4v) is 3.05. The van der Waals surface area contributed by atoms with Crippen LogP contribution in [-0.4, -0.2) is 17.7 Å². The summed E-state index contributed by atoms with van der Waals surface area (Å²) in [4.78, 5) is 1.41. The zero-order valence-electron chi connectivity index (χ0n) is 11.2. The van der Waals surface area contributed by atoms with Crippen molar-refractivity contribution in [1.29, 1.82) is 0 Å². The third-order valence-electron chi connectivity index (χ3n) is 3.39. The Morgan fingerprint density at radius 2 is 2.10 bits per heavy atom. The molecule has 0 atom stereocenters. The lowest BCUT2D eigenvalue weighted by Crippen LogP contribution is -2.21. The lowest BCUT2D eigenvalue weighted by Gasteiger charge is -2.07. The summed E-state index contributed by atoms with van der Waals surface area (Å²) in [6.07, 6.45) is 3.09. The van der Waals surface area contributed by atoms with E-state index >= 15 is 0 Å². The molecule has 4 heteroatoms. The molecule has 0 unspecified atom stereocenters.